The molecule has 0 saturated heterocycles. The maximum atomic E-state index is 13.3. The van der Waals surface area contributed by atoms with Gasteiger partial charge in [0.2, 0.25) is 9.84 Å². The Kier molecular flexibility index (Phi) is 6.46. The molecule has 166 valence electrons. The molecule has 0 radical (unpaired) electrons. The van der Waals surface area contributed by atoms with Gasteiger partial charge in [-0.3, -0.25) is 4.98 Å². The molecule has 3 aromatic carbocycles. The maximum Gasteiger partial charge on any atom is 0.319 e. The van der Waals surface area contributed by atoms with Gasteiger partial charge in [0.25, 0.3) is 0 Å². The van der Waals surface area contributed by atoms with E-state index in [0.29, 0.717) is 23.4 Å². The number of hydrogen-bond donors (Lipinski definition) is 2. The SMILES string of the molecule is O=C(NCc1ccncc1)Nc1ccc(S(=O)(=O)c2ccccc2-c2ccc(F)cc2)cc1. The molecule has 33 heavy (non-hydrogen) atoms. The van der Waals surface area contributed by atoms with Crippen LogP contribution in [-0.2, 0) is 16.4 Å². The minimum atomic E-state index is -3.85. The second-order valence-electron chi connectivity index (χ2n) is 7.19. The van der Waals surface area contributed by atoms with Crippen LogP contribution >= 0.6 is 0 Å². The third-order valence-corrected chi connectivity index (χ3v) is 6.78. The van der Waals surface area contributed by atoms with Crippen molar-refractivity contribution in [2.24, 2.45) is 0 Å². The van der Waals surface area contributed by atoms with Crippen LogP contribution in [0, 0.1) is 5.82 Å². The van der Waals surface area contributed by atoms with E-state index in [0.717, 1.165) is 5.56 Å². The number of halogens is 1. The summed E-state index contributed by atoms with van der Waals surface area (Å²) in [7, 11) is -3.85. The van der Waals surface area contributed by atoms with Crippen LogP contribution in [0.5, 0.6) is 0 Å². The fourth-order valence-electron chi connectivity index (χ4n) is 3.27. The highest BCUT2D eigenvalue weighted by atomic mass is 32.2. The number of benzene rings is 3. The number of pyridine rings is 1. The molecule has 2 amide bonds. The van der Waals surface area contributed by atoms with Crippen LogP contribution < -0.4 is 10.6 Å². The van der Waals surface area contributed by atoms with E-state index in [1.54, 1.807) is 54.9 Å². The molecule has 0 bridgehead atoms. The number of nitrogens with zero attached hydrogens (tertiary/aromatic N) is 1. The van der Waals surface area contributed by atoms with Gasteiger partial charge in [-0.1, -0.05) is 30.3 Å². The Morgan fingerprint density at radius 1 is 0.848 bits per heavy atom. The molecule has 2 N–H and O–H groups in total. The molecule has 0 aliphatic carbocycles. The Hall–Kier alpha value is -4.04. The Balaban J connectivity index is 1.51. The quantitative estimate of drug-likeness (QED) is 0.421. The zero-order valence-electron chi connectivity index (χ0n) is 17.4. The summed E-state index contributed by atoms with van der Waals surface area (Å²) in [6, 6.07) is 21.4. The average molecular weight is 462 g/mol. The lowest BCUT2D eigenvalue weighted by atomic mass is 10.1. The molecule has 0 atom stereocenters. The number of anilines is 1. The highest BCUT2D eigenvalue weighted by Gasteiger charge is 2.22. The fourth-order valence-corrected chi connectivity index (χ4v) is 4.75. The molecule has 0 saturated carbocycles. The summed E-state index contributed by atoms with van der Waals surface area (Å²) in [5, 5.41) is 5.40. The van der Waals surface area contributed by atoms with Crippen LogP contribution in [0.3, 0.4) is 0 Å². The zero-order chi connectivity index (χ0) is 23.3. The first-order valence-corrected chi connectivity index (χ1v) is 11.6. The molecular formula is C25H20FN3O3S. The summed E-state index contributed by atoms with van der Waals surface area (Å²) in [6.45, 7) is 0.334. The number of amides is 2. The van der Waals surface area contributed by atoms with Crippen molar-refractivity contribution in [3.8, 4) is 11.1 Å². The van der Waals surface area contributed by atoms with E-state index in [4.69, 9.17) is 0 Å². The number of urea groups is 1. The molecule has 1 aromatic heterocycles. The van der Waals surface area contributed by atoms with E-state index in [2.05, 4.69) is 15.6 Å². The van der Waals surface area contributed by atoms with Crippen molar-refractivity contribution in [1.29, 1.82) is 0 Å². The summed E-state index contributed by atoms with van der Waals surface area (Å²) < 4.78 is 39.9. The van der Waals surface area contributed by atoms with E-state index in [1.165, 1.54) is 42.5 Å². The lowest BCUT2D eigenvalue weighted by Gasteiger charge is -2.12. The van der Waals surface area contributed by atoms with E-state index in [-0.39, 0.29) is 9.79 Å². The molecule has 6 nitrogen and oxygen atoms in total. The minimum Gasteiger partial charge on any atom is -0.334 e. The summed E-state index contributed by atoms with van der Waals surface area (Å²) in [5.74, 6) is -0.396. The molecule has 4 aromatic rings. The lowest BCUT2D eigenvalue weighted by Crippen LogP contribution is -2.28. The number of sulfone groups is 1. The first kappa shape index (κ1) is 22.2. The van der Waals surface area contributed by atoms with Crippen molar-refractivity contribution in [1.82, 2.24) is 10.3 Å². The Labute approximate surface area is 191 Å². The molecule has 1 heterocycles. The number of nitrogens with one attached hydrogen (secondary N) is 2. The van der Waals surface area contributed by atoms with Crippen LogP contribution in [0.4, 0.5) is 14.9 Å². The van der Waals surface area contributed by atoms with Crippen LogP contribution in [0.2, 0.25) is 0 Å². The van der Waals surface area contributed by atoms with Gasteiger partial charge >= 0.3 is 6.03 Å². The zero-order valence-corrected chi connectivity index (χ0v) is 18.2. The number of rotatable bonds is 6. The highest BCUT2D eigenvalue weighted by molar-refractivity contribution is 7.91. The van der Waals surface area contributed by atoms with Gasteiger partial charge < -0.3 is 10.6 Å². The van der Waals surface area contributed by atoms with E-state index in [1.807, 2.05) is 0 Å². The van der Waals surface area contributed by atoms with Crippen LogP contribution in [-0.4, -0.2) is 19.4 Å². The molecule has 0 fully saturated rings. The van der Waals surface area contributed by atoms with E-state index >= 15 is 0 Å². The number of hydrogen-bond acceptors (Lipinski definition) is 4. The van der Waals surface area contributed by atoms with Crippen molar-refractivity contribution in [3.05, 3.63) is 109 Å². The maximum absolute atomic E-state index is 13.3. The standard InChI is InChI=1S/C25H20FN3O3S/c26-20-7-5-19(6-8-20)23-3-1-2-4-24(23)33(31,32)22-11-9-21(10-12-22)29-25(30)28-17-18-13-15-27-16-14-18/h1-16H,17H2,(H2,28,29,30). The highest BCUT2D eigenvalue weighted by Crippen LogP contribution is 2.32. The molecule has 0 aliphatic rings. The van der Waals surface area contributed by atoms with Gasteiger partial charge in [0.15, 0.2) is 0 Å². The minimum absolute atomic E-state index is 0.0832. The van der Waals surface area contributed by atoms with Crippen molar-refractivity contribution in [2.75, 3.05) is 5.32 Å². The third kappa shape index (κ3) is 5.24. The van der Waals surface area contributed by atoms with Crippen LogP contribution in [0.25, 0.3) is 11.1 Å². The second kappa shape index (κ2) is 9.62. The van der Waals surface area contributed by atoms with Crippen LogP contribution in [0.15, 0.2) is 107 Å². The monoisotopic (exact) mass is 461 g/mol. The largest absolute Gasteiger partial charge is 0.334 e. The normalized spacial score (nSPS) is 11.1. The van der Waals surface area contributed by atoms with Gasteiger partial charge in [-0.05, 0) is 65.7 Å². The Morgan fingerprint density at radius 2 is 1.52 bits per heavy atom. The van der Waals surface area contributed by atoms with Crippen molar-refractivity contribution < 1.29 is 17.6 Å². The first-order chi connectivity index (χ1) is 15.9. The number of aromatic nitrogens is 1. The first-order valence-electron chi connectivity index (χ1n) is 10.1. The number of carbonyl (C=O) groups excluding carboxylic acids is 1. The molecule has 0 unspecified atom stereocenters. The molecule has 4 rings (SSSR count). The van der Waals surface area contributed by atoms with E-state index < -0.39 is 21.7 Å². The van der Waals surface area contributed by atoms with Crippen LogP contribution in [0.1, 0.15) is 5.56 Å². The van der Waals surface area contributed by atoms with Gasteiger partial charge in [0.05, 0.1) is 9.79 Å². The summed E-state index contributed by atoms with van der Waals surface area (Å²) in [4.78, 5) is 16.3. The Bertz CT molecular complexity index is 1360. The summed E-state index contributed by atoms with van der Waals surface area (Å²) in [6.07, 6.45) is 3.28. The molecular weight excluding hydrogens is 441 g/mol. The van der Waals surface area contributed by atoms with Gasteiger partial charge in [0, 0.05) is 30.2 Å². The molecule has 8 heteroatoms. The predicted molar refractivity (Wildman–Crippen MR) is 124 cm³/mol. The fraction of sp³-hybridized carbons (Fsp3) is 0.0400. The lowest BCUT2D eigenvalue weighted by molar-refractivity contribution is 0.251. The van der Waals surface area contributed by atoms with Crippen molar-refractivity contribution >= 4 is 21.6 Å². The number of carbonyl (C=O) groups is 1. The molecule has 0 aliphatic heterocycles. The summed E-state index contributed by atoms with van der Waals surface area (Å²) >= 11 is 0. The van der Waals surface area contributed by atoms with Crippen molar-refractivity contribution in [3.63, 3.8) is 0 Å². The van der Waals surface area contributed by atoms with Gasteiger partial charge in [-0.15, -0.1) is 0 Å². The average Bonchev–Trinajstić information content (AvgIpc) is 2.84. The predicted octanol–water partition coefficient (Wildman–Crippen LogP) is 5.04. The van der Waals surface area contributed by atoms with Crippen molar-refractivity contribution in [2.45, 2.75) is 16.3 Å². The Morgan fingerprint density at radius 3 is 2.21 bits per heavy atom. The van der Waals surface area contributed by atoms with Gasteiger partial charge in [-0.25, -0.2) is 17.6 Å². The molecule has 0 spiro atoms. The van der Waals surface area contributed by atoms with Gasteiger partial charge in [0.1, 0.15) is 5.82 Å². The van der Waals surface area contributed by atoms with Gasteiger partial charge in [-0.2, -0.15) is 0 Å². The third-order valence-electron chi connectivity index (χ3n) is 4.96. The smallest absolute Gasteiger partial charge is 0.319 e. The topological polar surface area (TPSA) is 88.2 Å². The van der Waals surface area contributed by atoms with E-state index in [9.17, 15) is 17.6 Å². The second-order valence-corrected chi connectivity index (χ2v) is 9.11. The summed E-state index contributed by atoms with van der Waals surface area (Å²) in [5.41, 5.74) is 2.43.